The highest BCUT2D eigenvalue weighted by molar-refractivity contribution is 7.91. The first kappa shape index (κ1) is 19.3. The Kier molecular flexibility index (Phi) is 5.79. The van der Waals surface area contributed by atoms with E-state index in [1.165, 1.54) is 24.3 Å². The molecule has 1 amide bonds. The van der Waals surface area contributed by atoms with Gasteiger partial charge in [0.2, 0.25) is 11.8 Å². The monoisotopic (exact) mass is 425 g/mol. The Bertz CT molecular complexity index is 1050. The molecule has 0 saturated carbocycles. The molecule has 0 spiro atoms. The van der Waals surface area contributed by atoms with Crippen molar-refractivity contribution >= 4 is 45.0 Å². The molecule has 0 unspecified atom stereocenters. The van der Waals surface area contributed by atoms with Gasteiger partial charge in [-0.25, -0.2) is 8.42 Å². The number of carbonyl (C=O) groups is 1. The second-order valence-corrected chi connectivity index (χ2v) is 8.47. The molecule has 140 valence electrons. The van der Waals surface area contributed by atoms with E-state index in [-0.39, 0.29) is 29.0 Å². The van der Waals surface area contributed by atoms with Gasteiger partial charge in [-0.05, 0) is 48.5 Å². The number of benzene rings is 2. The van der Waals surface area contributed by atoms with Crippen molar-refractivity contribution in [2.45, 2.75) is 11.3 Å². The maximum Gasteiger partial charge on any atom is 0.322 e. The standard InChI is InChI=1S/C17H13Cl2N3O4S/c18-12-3-1-11(2-4-12)16-21-22-17(26-16)20-15(23)9-10-27(24,25)14-7-5-13(19)6-8-14/h1-8H,9-10H2,(H,20,22,23). The molecular weight excluding hydrogens is 413 g/mol. The Morgan fingerprint density at radius 2 is 1.56 bits per heavy atom. The molecule has 0 aliphatic rings. The van der Waals surface area contributed by atoms with Crippen LogP contribution in [0.5, 0.6) is 0 Å². The molecule has 27 heavy (non-hydrogen) atoms. The SMILES string of the molecule is O=C(CCS(=O)(=O)c1ccc(Cl)cc1)Nc1nnc(-c2ccc(Cl)cc2)o1. The van der Waals surface area contributed by atoms with E-state index in [0.29, 0.717) is 15.6 Å². The van der Waals surface area contributed by atoms with Gasteiger partial charge in [-0.15, -0.1) is 5.10 Å². The van der Waals surface area contributed by atoms with Crippen LogP contribution in [0.3, 0.4) is 0 Å². The summed E-state index contributed by atoms with van der Waals surface area (Å²) < 4.78 is 29.8. The summed E-state index contributed by atoms with van der Waals surface area (Å²) in [4.78, 5) is 12.1. The van der Waals surface area contributed by atoms with Crippen molar-refractivity contribution in [3.05, 3.63) is 58.6 Å². The Morgan fingerprint density at radius 3 is 2.19 bits per heavy atom. The number of rotatable bonds is 6. The van der Waals surface area contributed by atoms with Crippen molar-refractivity contribution in [3.63, 3.8) is 0 Å². The van der Waals surface area contributed by atoms with Crippen LogP contribution in [0.4, 0.5) is 6.01 Å². The predicted octanol–water partition coefficient (Wildman–Crippen LogP) is 3.85. The van der Waals surface area contributed by atoms with Gasteiger partial charge in [-0.2, -0.15) is 0 Å². The molecule has 0 bridgehead atoms. The number of halogens is 2. The van der Waals surface area contributed by atoms with Gasteiger partial charge in [-0.3, -0.25) is 10.1 Å². The minimum absolute atomic E-state index is 0.0996. The van der Waals surface area contributed by atoms with E-state index in [4.69, 9.17) is 27.6 Å². The lowest BCUT2D eigenvalue weighted by molar-refractivity contribution is -0.115. The van der Waals surface area contributed by atoms with E-state index in [2.05, 4.69) is 15.5 Å². The van der Waals surface area contributed by atoms with Gasteiger partial charge in [-0.1, -0.05) is 28.3 Å². The smallest absolute Gasteiger partial charge is 0.322 e. The molecule has 1 N–H and O–H groups in total. The maximum atomic E-state index is 12.2. The third kappa shape index (κ3) is 5.06. The summed E-state index contributed by atoms with van der Waals surface area (Å²) >= 11 is 11.6. The first-order valence-electron chi connectivity index (χ1n) is 7.71. The highest BCUT2D eigenvalue weighted by Crippen LogP contribution is 2.22. The van der Waals surface area contributed by atoms with Gasteiger partial charge in [0.1, 0.15) is 0 Å². The number of anilines is 1. The fourth-order valence-corrected chi connectivity index (χ4v) is 3.64. The van der Waals surface area contributed by atoms with Crippen LogP contribution in [0.25, 0.3) is 11.5 Å². The Labute approximate surface area is 165 Å². The molecule has 1 aromatic heterocycles. The average molecular weight is 426 g/mol. The van der Waals surface area contributed by atoms with Gasteiger partial charge < -0.3 is 4.42 Å². The third-order valence-corrected chi connectivity index (χ3v) is 5.77. The van der Waals surface area contributed by atoms with Gasteiger partial charge in [0, 0.05) is 22.0 Å². The topological polar surface area (TPSA) is 102 Å². The van der Waals surface area contributed by atoms with Crippen LogP contribution in [0.1, 0.15) is 6.42 Å². The molecule has 0 atom stereocenters. The largest absolute Gasteiger partial charge is 0.403 e. The number of aromatic nitrogens is 2. The first-order valence-corrected chi connectivity index (χ1v) is 10.1. The normalized spacial score (nSPS) is 11.3. The molecule has 0 saturated heterocycles. The number of nitrogens with one attached hydrogen (secondary N) is 1. The quantitative estimate of drug-likeness (QED) is 0.643. The van der Waals surface area contributed by atoms with Crippen LogP contribution in [0, 0.1) is 0 Å². The number of hydrogen-bond acceptors (Lipinski definition) is 6. The molecule has 0 radical (unpaired) electrons. The maximum absolute atomic E-state index is 12.2. The van der Waals surface area contributed by atoms with Crippen LogP contribution < -0.4 is 5.32 Å². The van der Waals surface area contributed by atoms with Crippen molar-refractivity contribution in [1.29, 1.82) is 0 Å². The van der Waals surface area contributed by atoms with Crippen LogP contribution in [0.2, 0.25) is 10.0 Å². The van der Waals surface area contributed by atoms with Crippen molar-refractivity contribution in [1.82, 2.24) is 10.2 Å². The Morgan fingerprint density at radius 1 is 0.963 bits per heavy atom. The lowest BCUT2D eigenvalue weighted by atomic mass is 10.2. The van der Waals surface area contributed by atoms with E-state index in [1.807, 2.05) is 0 Å². The van der Waals surface area contributed by atoms with E-state index >= 15 is 0 Å². The fourth-order valence-electron chi connectivity index (χ4n) is 2.15. The molecule has 2 aromatic carbocycles. The average Bonchev–Trinajstić information content (AvgIpc) is 3.09. The lowest BCUT2D eigenvalue weighted by Crippen LogP contribution is -2.17. The third-order valence-electron chi connectivity index (χ3n) is 3.53. The molecule has 10 heteroatoms. The zero-order valence-electron chi connectivity index (χ0n) is 13.7. The van der Waals surface area contributed by atoms with E-state index in [9.17, 15) is 13.2 Å². The molecular formula is C17H13Cl2N3O4S. The molecule has 3 aromatic rings. The molecule has 0 aliphatic heterocycles. The summed E-state index contributed by atoms with van der Waals surface area (Å²) in [5.74, 6) is -0.715. The summed E-state index contributed by atoms with van der Waals surface area (Å²) in [5.41, 5.74) is 0.637. The lowest BCUT2D eigenvalue weighted by Gasteiger charge is -2.04. The van der Waals surface area contributed by atoms with Crippen molar-refractivity contribution in [3.8, 4) is 11.5 Å². The summed E-state index contributed by atoms with van der Waals surface area (Å²) in [7, 11) is -3.60. The summed E-state index contributed by atoms with van der Waals surface area (Å²) in [6, 6.07) is 12.4. The van der Waals surface area contributed by atoms with Crippen LogP contribution in [-0.2, 0) is 14.6 Å². The minimum atomic E-state index is -3.60. The summed E-state index contributed by atoms with van der Waals surface area (Å²) in [6.45, 7) is 0. The van der Waals surface area contributed by atoms with Crippen LogP contribution in [-0.4, -0.2) is 30.3 Å². The van der Waals surface area contributed by atoms with Gasteiger partial charge in [0.05, 0.1) is 10.6 Å². The van der Waals surface area contributed by atoms with E-state index in [0.717, 1.165) is 0 Å². The predicted molar refractivity (Wildman–Crippen MR) is 101 cm³/mol. The Hall–Kier alpha value is -2.42. The summed E-state index contributed by atoms with van der Waals surface area (Å²) in [5, 5.41) is 10.9. The molecule has 0 fully saturated rings. The number of carbonyl (C=O) groups excluding carboxylic acids is 1. The highest BCUT2D eigenvalue weighted by Gasteiger charge is 2.18. The summed E-state index contributed by atoms with van der Waals surface area (Å²) in [6.07, 6.45) is -0.260. The molecule has 7 nitrogen and oxygen atoms in total. The number of amides is 1. The zero-order chi connectivity index (χ0) is 19.4. The van der Waals surface area contributed by atoms with Gasteiger partial charge in [0.25, 0.3) is 0 Å². The second kappa shape index (κ2) is 8.08. The zero-order valence-corrected chi connectivity index (χ0v) is 16.1. The van der Waals surface area contributed by atoms with Crippen LogP contribution >= 0.6 is 23.2 Å². The van der Waals surface area contributed by atoms with Gasteiger partial charge in [0.15, 0.2) is 9.84 Å². The van der Waals surface area contributed by atoms with Crippen molar-refractivity contribution < 1.29 is 17.6 Å². The van der Waals surface area contributed by atoms with Gasteiger partial charge >= 0.3 is 6.01 Å². The number of hydrogen-bond donors (Lipinski definition) is 1. The minimum Gasteiger partial charge on any atom is -0.403 e. The molecule has 0 aliphatic carbocycles. The highest BCUT2D eigenvalue weighted by atomic mass is 35.5. The number of nitrogens with zero attached hydrogens (tertiary/aromatic N) is 2. The second-order valence-electron chi connectivity index (χ2n) is 5.49. The molecule has 1 heterocycles. The van der Waals surface area contributed by atoms with Crippen molar-refractivity contribution in [2.24, 2.45) is 0 Å². The van der Waals surface area contributed by atoms with E-state index in [1.54, 1.807) is 24.3 Å². The van der Waals surface area contributed by atoms with Crippen LogP contribution in [0.15, 0.2) is 57.8 Å². The van der Waals surface area contributed by atoms with Crippen molar-refractivity contribution in [2.75, 3.05) is 11.1 Å². The first-order chi connectivity index (χ1) is 12.8. The Balaban J connectivity index is 1.59. The van der Waals surface area contributed by atoms with E-state index < -0.39 is 15.7 Å². The fraction of sp³-hybridized carbons (Fsp3) is 0.118. The number of sulfone groups is 1. The molecule has 3 rings (SSSR count).